The molecule has 0 bridgehead atoms. The third kappa shape index (κ3) is 3.04. The fourth-order valence-electron chi connectivity index (χ4n) is 1.62. The van der Waals surface area contributed by atoms with Crippen molar-refractivity contribution in [2.45, 2.75) is 32.7 Å². The summed E-state index contributed by atoms with van der Waals surface area (Å²) < 4.78 is 0. The van der Waals surface area contributed by atoms with E-state index in [1.807, 2.05) is 0 Å². The first-order valence-corrected chi connectivity index (χ1v) is 5.82. The smallest absolute Gasteiger partial charge is 0.00755 e. The van der Waals surface area contributed by atoms with Gasteiger partial charge in [0.2, 0.25) is 0 Å². The van der Waals surface area contributed by atoms with E-state index in [0.29, 0.717) is 0 Å². The van der Waals surface area contributed by atoms with E-state index in [2.05, 4.69) is 30.5 Å². The van der Waals surface area contributed by atoms with Crippen molar-refractivity contribution in [3.8, 4) is 0 Å². The van der Waals surface area contributed by atoms with Crippen LogP contribution < -0.4 is 0 Å². The Labute approximate surface area is 74.5 Å². The summed E-state index contributed by atoms with van der Waals surface area (Å²) >= 11 is 2.09. The summed E-state index contributed by atoms with van der Waals surface area (Å²) in [5.74, 6) is 2.68. The van der Waals surface area contributed by atoms with Gasteiger partial charge in [-0.25, -0.2) is 0 Å². The Morgan fingerprint density at radius 1 is 1.36 bits per heavy atom. The third-order valence-electron chi connectivity index (χ3n) is 2.38. The number of hydrogen-bond acceptors (Lipinski definition) is 2. The normalized spacial score (nSPS) is 23.5. The quantitative estimate of drug-likeness (QED) is 0.644. The van der Waals surface area contributed by atoms with E-state index in [1.165, 1.54) is 37.4 Å². The molecule has 1 fully saturated rings. The molecule has 0 aliphatic carbocycles. The molecule has 1 heterocycles. The lowest BCUT2D eigenvalue weighted by Gasteiger charge is -2.31. The molecule has 0 saturated carbocycles. The summed E-state index contributed by atoms with van der Waals surface area (Å²) in [7, 11) is 0. The van der Waals surface area contributed by atoms with E-state index in [1.54, 1.807) is 0 Å². The van der Waals surface area contributed by atoms with Crippen molar-refractivity contribution in [2.24, 2.45) is 0 Å². The van der Waals surface area contributed by atoms with Crippen LogP contribution in [-0.2, 0) is 0 Å². The Hall–Kier alpha value is 0.310. The highest BCUT2D eigenvalue weighted by molar-refractivity contribution is 7.99. The fraction of sp³-hybridized carbons (Fsp3) is 1.00. The SMILES string of the molecule is CCCC(C)N1CCSCC1. The molecule has 2 heteroatoms. The topological polar surface area (TPSA) is 3.24 Å². The van der Waals surface area contributed by atoms with Crippen molar-refractivity contribution in [2.75, 3.05) is 24.6 Å². The van der Waals surface area contributed by atoms with Crippen LogP contribution in [0, 0.1) is 0 Å². The molecule has 0 aromatic carbocycles. The van der Waals surface area contributed by atoms with E-state index >= 15 is 0 Å². The minimum absolute atomic E-state index is 0.820. The van der Waals surface area contributed by atoms with Gasteiger partial charge in [-0.3, -0.25) is 4.90 Å². The van der Waals surface area contributed by atoms with Crippen molar-refractivity contribution >= 4 is 11.8 Å². The first-order chi connectivity index (χ1) is 5.34. The Morgan fingerprint density at radius 3 is 2.55 bits per heavy atom. The van der Waals surface area contributed by atoms with E-state index in [4.69, 9.17) is 0 Å². The van der Waals surface area contributed by atoms with Gasteiger partial charge in [0, 0.05) is 30.6 Å². The highest BCUT2D eigenvalue weighted by atomic mass is 32.2. The van der Waals surface area contributed by atoms with Crippen molar-refractivity contribution in [3.63, 3.8) is 0 Å². The molecule has 0 aromatic rings. The fourth-order valence-corrected chi connectivity index (χ4v) is 2.55. The average molecular weight is 173 g/mol. The largest absolute Gasteiger partial charge is 0.299 e. The zero-order chi connectivity index (χ0) is 8.10. The van der Waals surface area contributed by atoms with Gasteiger partial charge in [0.15, 0.2) is 0 Å². The van der Waals surface area contributed by atoms with Crippen molar-refractivity contribution in [3.05, 3.63) is 0 Å². The lowest BCUT2D eigenvalue weighted by molar-refractivity contribution is 0.219. The summed E-state index contributed by atoms with van der Waals surface area (Å²) in [6.45, 7) is 7.26. The highest BCUT2D eigenvalue weighted by Gasteiger charge is 2.15. The minimum atomic E-state index is 0.820. The molecular weight excluding hydrogens is 154 g/mol. The standard InChI is InChI=1S/C9H19NS/c1-3-4-9(2)10-5-7-11-8-6-10/h9H,3-8H2,1-2H3. The maximum absolute atomic E-state index is 2.62. The number of thioether (sulfide) groups is 1. The van der Waals surface area contributed by atoms with E-state index in [-0.39, 0.29) is 0 Å². The molecule has 1 nitrogen and oxygen atoms in total. The summed E-state index contributed by atoms with van der Waals surface area (Å²) in [6, 6.07) is 0.820. The predicted octanol–water partition coefficient (Wildman–Crippen LogP) is 2.22. The van der Waals surface area contributed by atoms with Gasteiger partial charge < -0.3 is 0 Å². The molecular formula is C9H19NS. The molecule has 1 atom stereocenters. The van der Waals surface area contributed by atoms with Crippen LogP contribution in [0.1, 0.15) is 26.7 Å². The maximum atomic E-state index is 2.62. The van der Waals surface area contributed by atoms with Gasteiger partial charge in [0.05, 0.1) is 0 Å². The summed E-state index contributed by atoms with van der Waals surface area (Å²) in [6.07, 6.45) is 2.69. The zero-order valence-corrected chi connectivity index (χ0v) is 8.49. The van der Waals surface area contributed by atoms with Gasteiger partial charge in [-0.05, 0) is 13.3 Å². The molecule has 0 N–H and O–H groups in total. The molecule has 0 aromatic heterocycles. The van der Waals surface area contributed by atoms with Gasteiger partial charge in [-0.15, -0.1) is 0 Å². The van der Waals surface area contributed by atoms with E-state index in [9.17, 15) is 0 Å². The van der Waals surface area contributed by atoms with Gasteiger partial charge in [-0.2, -0.15) is 11.8 Å². The number of rotatable bonds is 3. The molecule has 1 saturated heterocycles. The molecule has 0 radical (unpaired) electrons. The zero-order valence-electron chi connectivity index (χ0n) is 7.68. The van der Waals surface area contributed by atoms with Crippen molar-refractivity contribution in [1.82, 2.24) is 4.90 Å². The molecule has 66 valence electrons. The molecule has 1 aliphatic rings. The van der Waals surface area contributed by atoms with Gasteiger partial charge in [0.1, 0.15) is 0 Å². The lowest BCUT2D eigenvalue weighted by atomic mass is 10.1. The van der Waals surface area contributed by atoms with E-state index in [0.717, 1.165) is 6.04 Å². The van der Waals surface area contributed by atoms with Crippen LogP contribution in [0.25, 0.3) is 0 Å². The van der Waals surface area contributed by atoms with Crippen molar-refractivity contribution < 1.29 is 0 Å². The Bertz CT molecular complexity index is 99.7. The summed E-state index contributed by atoms with van der Waals surface area (Å²) in [4.78, 5) is 2.62. The molecule has 11 heavy (non-hydrogen) atoms. The van der Waals surface area contributed by atoms with Crippen LogP contribution in [0.5, 0.6) is 0 Å². The van der Waals surface area contributed by atoms with Crippen LogP contribution in [0.3, 0.4) is 0 Å². The Kier molecular flexibility index (Phi) is 4.31. The molecule has 0 spiro atoms. The van der Waals surface area contributed by atoms with Crippen LogP contribution in [0.15, 0.2) is 0 Å². The van der Waals surface area contributed by atoms with Gasteiger partial charge >= 0.3 is 0 Å². The van der Waals surface area contributed by atoms with Crippen LogP contribution in [0.2, 0.25) is 0 Å². The van der Waals surface area contributed by atoms with Crippen molar-refractivity contribution in [1.29, 1.82) is 0 Å². The van der Waals surface area contributed by atoms with Gasteiger partial charge in [-0.1, -0.05) is 13.3 Å². The monoisotopic (exact) mass is 173 g/mol. The molecule has 1 aliphatic heterocycles. The third-order valence-corrected chi connectivity index (χ3v) is 3.32. The molecule has 1 rings (SSSR count). The average Bonchev–Trinajstić information content (AvgIpc) is 2.07. The first-order valence-electron chi connectivity index (χ1n) is 4.66. The van der Waals surface area contributed by atoms with Crippen LogP contribution >= 0.6 is 11.8 Å². The second kappa shape index (κ2) is 5.04. The lowest BCUT2D eigenvalue weighted by Crippen LogP contribution is -2.39. The highest BCUT2D eigenvalue weighted by Crippen LogP contribution is 2.14. The second-order valence-corrected chi connectivity index (χ2v) is 4.51. The van der Waals surface area contributed by atoms with Crippen LogP contribution in [0.4, 0.5) is 0 Å². The number of nitrogens with zero attached hydrogens (tertiary/aromatic N) is 1. The molecule has 0 amide bonds. The second-order valence-electron chi connectivity index (χ2n) is 3.29. The minimum Gasteiger partial charge on any atom is -0.299 e. The Balaban J connectivity index is 2.21. The van der Waals surface area contributed by atoms with Gasteiger partial charge in [0.25, 0.3) is 0 Å². The number of hydrogen-bond donors (Lipinski definition) is 0. The van der Waals surface area contributed by atoms with E-state index < -0.39 is 0 Å². The predicted molar refractivity (Wildman–Crippen MR) is 53.3 cm³/mol. The Morgan fingerprint density at radius 2 is 2.00 bits per heavy atom. The first kappa shape index (κ1) is 9.40. The van der Waals surface area contributed by atoms with Crippen LogP contribution in [-0.4, -0.2) is 35.5 Å². The summed E-state index contributed by atoms with van der Waals surface area (Å²) in [5.41, 5.74) is 0. The molecule has 1 unspecified atom stereocenters. The maximum Gasteiger partial charge on any atom is 0.00755 e. The summed E-state index contributed by atoms with van der Waals surface area (Å²) in [5, 5.41) is 0.